The summed E-state index contributed by atoms with van der Waals surface area (Å²) >= 11 is 9.40. The fourth-order valence-corrected chi connectivity index (χ4v) is 1.92. The molecule has 0 amide bonds. The van der Waals surface area contributed by atoms with E-state index >= 15 is 0 Å². The number of aromatic nitrogens is 2. The van der Waals surface area contributed by atoms with Gasteiger partial charge in [0.25, 0.3) is 0 Å². The minimum atomic E-state index is 0.716. The number of nitrogens with zero attached hydrogens (tertiary/aromatic N) is 2. The van der Waals surface area contributed by atoms with Crippen LogP contribution < -0.4 is 5.32 Å². The Morgan fingerprint density at radius 1 is 1.41 bits per heavy atom. The number of halogens is 2. The minimum absolute atomic E-state index is 0.716. The van der Waals surface area contributed by atoms with Gasteiger partial charge < -0.3 is 5.32 Å². The molecule has 17 heavy (non-hydrogen) atoms. The van der Waals surface area contributed by atoms with Crippen molar-refractivity contribution in [1.29, 1.82) is 0 Å². The number of hydrogen-bond donors (Lipinski definition) is 1. The van der Waals surface area contributed by atoms with Gasteiger partial charge in [0.15, 0.2) is 0 Å². The third kappa shape index (κ3) is 3.23. The molecule has 1 heterocycles. The van der Waals surface area contributed by atoms with Gasteiger partial charge in [-0.25, -0.2) is 0 Å². The fraction of sp³-hybridized carbons (Fsp3) is 0.250. The topological polar surface area (TPSA) is 29.9 Å². The zero-order valence-corrected chi connectivity index (χ0v) is 11.8. The van der Waals surface area contributed by atoms with E-state index in [2.05, 4.69) is 33.3 Å². The summed E-state index contributed by atoms with van der Waals surface area (Å²) < 4.78 is 2.80. The number of benzene rings is 1. The highest BCUT2D eigenvalue weighted by atomic mass is 79.9. The summed E-state index contributed by atoms with van der Waals surface area (Å²) in [5.74, 6) is 0.880. The average Bonchev–Trinajstić information content (AvgIpc) is 2.79. The zero-order chi connectivity index (χ0) is 12.3. The summed E-state index contributed by atoms with van der Waals surface area (Å²) in [6, 6.07) is 7.88. The molecule has 90 valence electrons. The standard InChI is InChI=1S/C12H13BrClN3/c1-2-17-6-5-12(16-17)15-8-9-3-4-10(13)11(14)7-9/h3-7H,2,8H2,1H3,(H,15,16). The Bertz CT molecular complexity index is 510. The predicted molar refractivity (Wildman–Crippen MR) is 74.4 cm³/mol. The van der Waals surface area contributed by atoms with Crippen LogP contribution in [0.5, 0.6) is 0 Å². The van der Waals surface area contributed by atoms with E-state index in [0.717, 1.165) is 27.4 Å². The van der Waals surface area contributed by atoms with Gasteiger partial charge in [-0.3, -0.25) is 4.68 Å². The predicted octanol–water partition coefficient (Wildman–Crippen LogP) is 3.93. The Labute approximate surface area is 114 Å². The van der Waals surface area contributed by atoms with Gasteiger partial charge >= 0.3 is 0 Å². The van der Waals surface area contributed by atoms with E-state index in [4.69, 9.17) is 11.6 Å². The molecule has 2 rings (SSSR count). The molecule has 3 nitrogen and oxygen atoms in total. The lowest BCUT2D eigenvalue weighted by Gasteiger charge is -2.04. The van der Waals surface area contributed by atoms with Crippen molar-refractivity contribution >= 4 is 33.3 Å². The summed E-state index contributed by atoms with van der Waals surface area (Å²) in [5.41, 5.74) is 1.13. The van der Waals surface area contributed by atoms with Crippen LogP contribution in [-0.2, 0) is 13.1 Å². The first-order chi connectivity index (χ1) is 8.19. The van der Waals surface area contributed by atoms with Crippen LogP contribution in [0.1, 0.15) is 12.5 Å². The number of rotatable bonds is 4. The van der Waals surface area contributed by atoms with Crippen molar-refractivity contribution in [3.8, 4) is 0 Å². The molecule has 2 aromatic rings. The normalized spacial score (nSPS) is 10.5. The Morgan fingerprint density at radius 3 is 2.88 bits per heavy atom. The van der Waals surface area contributed by atoms with Gasteiger partial charge in [0.1, 0.15) is 5.82 Å². The minimum Gasteiger partial charge on any atom is -0.365 e. The van der Waals surface area contributed by atoms with Gasteiger partial charge in [-0.05, 0) is 40.5 Å². The molecule has 0 aliphatic heterocycles. The number of nitrogens with one attached hydrogen (secondary N) is 1. The Hall–Kier alpha value is -1.00. The Kier molecular flexibility index (Phi) is 4.07. The summed E-state index contributed by atoms with van der Waals surface area (Å²) in [4.78, 5) is 0. The smallest absolute Gasteiger partial charge is 0.148 e. The molecule has 0 aliphatic rings. The first-order valence-corrected chi connectivity index (χ1v) is 6.57. The number of hydrogen-bond acceptors (Lipinski definition) is 2. The molecule has 5 heteroatoms. The first-order valence-electron chi connectivity index (χ1n) is 5.40. The summed E-state index contributed by atoms with van der Waals surface area (Å²) in [6.45, 7) is 3.66. The zero-order valence-electron chi connectivity index (χ0n) is 9.45. The summed E-state index contributed by atoms with van der Waals surface area (Å²) in [6.07, 6.45) is 1.96. The SMILES string of the molecule is CCn1ccc(NCc2ccc(Br)c(Cl)c2)n1. The molecule has 0 radical (unpaired) electrons. The average molecular weight is 315 g/mol. The quantitative estimate of drug-likeness (QED) is 0.926. The number of aryl methyl sites for hydroxylation is 1. The molecule has 0 saturated heterocycles. The van der Waals surface area contributed by atoms with Gasteiger partial charge in [0.05, 0.1) is 5.02 Å². The largest absolute Gasteiger partial charge is 0.365 e. The van der Waals surface area contributed by atoms with Crippen LogP contribution in [0, 0.1) is 0 Å². The lowest BCUT2D eigenvalue weighted by molar-refractivity contribution is 0.661. The van der Waals surface area contributed by atoms with E-state index in [0.29, 0.717) is 6.54 Å². The molecule has 1 aromatic carbocycles. The molecule has 0 saturated carbocycles. The van der Waals surface area contributed by atoms with Gasteiger partial charge in [-0.2, -0.15) is 5.10 Å². The van der Waals surface area contributed by atoms with Crippen LogP contribution >= 0.6 is 27.5 Å². The van der Waals surface area contributed by atoms with Gasteiger partial charge in [0.2, 0.25) is 0 Å². The van der Waals surface area contributed by atoms with Crippen molar-refractivity contribution < 1.29 is 0 Å². The third-order valence-electron chi connectivity index (χ3n) is 2.42. The second-order valence-corrected chi connectivity index (χ2v) is 4.92. The van der Waals surface area contributed by atoms with Crippen molar-refractivity contribution in [2.24, 2.45) is 0 Å². The molecule has 0 bridgehead atoms. The van der Waals surface area contributed by atoms with Crippen molar-refractivity contribution in [3.63, 3.8) is 0 Å². The van der Waals surface area contributed by atoms with E-state index < -0.39 is 0 Å². The molecular formula is C12H13BrClN3. The van der Waals surface area contributed by atoms with E-state index in [-0.39, 0.29) is 0 Å². The lowest BCUT2D eigenvalue weighted by atomic mass is 10.2. The van der Waals surface area contributed by atoms with Crippen molar-refractivity contribution in [1.82, 2.24) is 9.78 Å². The van der Waals surface area contributed by atoms with Crippen LogP contribution in [0.2, 0.25) is 5.02 Å². The molecule has 1 N–H and O–H groups in total. The summed E-state index contributed by atoms with van der Waals surface area (Å²) in [7, 11) is 0. The Balaban J connectivity index is 1.99. The molecular weight excluding hydrogens is 302 g/mol. The first kappa shape index (κ1) is 12.5. The second kappa shape index (κ2) is 5.56. The lowest BCUT2D eigenvalue weighted by Crippen LogP contribution is -2.01. The van der Waals surface area contributed by atoms with Crippen molar-refractivity contribution in [2.75, 3.05) is 5.32 Å². The van der Waals surface area contributed by atoms with Crippen molar-refractivity contribution in [3.05, 3.63) is 45.5 Å². The molecule has 0 atom stereocenters. The monoisotopic (exact) mass is 313 g/mol. The maximum atomic E-state index is 6.03. The number of anilines is 1. The Morgan fingerprint density at radius 2 is 2.24 bits per heavy atom. The van der Waals surface area contributed by atoms with E-state index in [1.807, 2.05) is 35.1 Å². The highest BCUT2D eigenvalue weighted by molar-refractivity contribution is 9.10. The molecule has 0 unspecified atom stereocenters. The highest BCUT2D eigenvalue weighted by Crippen LogP contribution is 2.23. The van der Waals surface area contributed by atoms with Crippen LogP contribution in [0.25, 0.3) is 0 Å². The van der Waals surface area contributed by atoms with Crippen LogP contribution in [0.3, 0.4) is 0 Å². The van der Waals surface area contributed by atoms with Gasteiger partial charge in [-0.1, -0.05) is 17.7 Å². The maximum absolute atomic E-state index is 6.03. The van der Waals surface area contributed by atoms with E-state index in [9.17, 15) is 0 Å². The van der Waals surface area contributed by atoms with Crippen LogP contribution in [0.15, 0.2) is 34.9 Å². The third-order valence-corrected chi connectivity index (χ3v) is 3.65. The van der Waals surface area contributed by atoms with Gasteiger partial charge in [-0.15, -0.1) is 0 Å². The van der Waals surface area contributed by atoms with E-state index in [1.165, 1.54) is 0 Å². The molecule has 1 aromatic heterocycles. The highest BCUT2D eigenvalue weighted by Gasteiger charge is 2.00. The van der Waals surface area contributed by atoms with E-state index in [1.54, 1.807) is 0 Å². The molecule has 0 spiro atoms. The van der Waals surface area contributed by atoms with Crippen LogP contribution in [0.4, 0.5) is 5.82 Å². The van der Waals surface area contributed by atoms with Crippen molar-refractivity contribution in [2.45, 2.75) is 20.0 Å². The van der Waals surface area contributed by atoms with Crippen LogP contribution in [-0.4, -0.2) is 9.78 Å². The molecule has 0 fully saturated rings. The summed E-state index contributed by atoms with van der Waals surface area (Å²) in [5, 5.41) is 8.33. The molecule has 0 aliphatic carbocycles. The maximum Gasteiger partial charge on any atom is 0.148 e. The van der Waals surface area contributed by atoms with Gasteiger partial charge in [0, 0.05) is 29.8 Å². The second-order valence-electron chi connectivity index (χ2n) is 3.66. The fourth-order valence-electron chi connectivity index (χ4n) is 1.47.